The summed E-state index contributed by atoms with van der Waals surface area (Å²) in [4.78, 5) is 0. The Labute approximate surface area is 105 Å². The fourth-order valence-corrected chi connectivity index (χ4v) is 2.23. The predicted molar refractivity (Wildman–Crippen MR) is 71.6 cm³/mol. The first-order chi connectivity index (χ1) is 7.77. The van der Waals surface area contributed by atoms with E-state index in [1.54, 1.807) is 0 Å². The van der Waals surface area contributed by atoms with E-state index in [0.29, 0.717) is 6.04 Å². The first-order valence-corrected chi connectivity index (χ1v) is 6.22. The normalized spacial score (nSPS) is 14.1. The van der Waals surface area contributed by atoms with Crippen LogP contribution in [0.5, 0.6) is 0 Å². The molecule has 1 aromatic rings. The summed E-state index contributed by atoms with van der Waals surface area (Å²) in [5.74, 6) is 5.63. The van der Waals surface area contributed by atoms with E-state index in [1.807, 2.05) is 11.7 Å². The Morgan fingerprint density at radius 3 is 2.29 bits per heavy atom. The van der Waals surface area contributed by atoms with Crippen LogP contribution in [0.1, 0.15) is 44.1 Å². The molecule has 0 radical (unpaired) electrons. The van der Waals surface area contributed by atoms with Gasteiger partial charge in [0.05, 0.1) is 5.69 Å². The average Bonchev–Trinajstić information content (AvgIpc) is 2.43. The molecule has 0 saturated heterocycles. The first-order valence-electron chi connectivity index (χ1n) is 6.22. The van der Waals surface area contributed by atoms with Crippen LogP contribution in [0.4, 0.5) is 0 Å². The zero-order chi connectivity index (χ0) is 13.2. The van der Waals surface area contributed by atoms with Gasteiger partial charge in [0.15, 0.2) is 0 Å². The fourth-order valence-electron chi connectivity index (χ4n) is 2.23. The molecule has 0 aliphatic heterocycles. The monoisotopic (exact) mass is 238 g/mol. The lowest BCUT2D eigenvalue weighted by molar-refractivity contribution is 0.257. The van der Waals surface area contributed by atoms with Crippen molar-refractivity contribution in [2.45, 2.75) is 53.5 Å². The molecule has 98 valence electrons. The second kappa shape index (κ2) is 5.19. The van der Waals surface area contributed by atoms with Crippen LogP contribution in [0.3, 0.4) is 0 Å². The standard InChI is InChI=1S/C13H26N4/c1-9-11(10(2)17(6)16-9)7-8-12(15-14)13(3,4)5/h12,15H,7-8,14H2,1-6H3. The molecular weight excluding hydrogens is 212 g/mol. The smallest absolute Gasteiger partial charge is 0.0628 e. The lowest BCUT2D eigenvalue weighted by atomic mass is 9.83. The summed E-state index contributed by atoms with van der Waals surface area (Å²) in [7, 11) is 1.99. The van der Waals surface area contributed by atoms with Crippen molar-refractivity contribution in [1.29, 1.82) is 0 Å². The third kappa shape index (κ3) is 3.30. The Bertz CT molecular complexity index is 374. The van der Waals surface area contributed by atoms with Gasteiger partial charge in [-0.25, -0.2) is 0 Å². The Balaban J connectivity index is 2.73. The fraction of sp³-hybridized carbons (Fsp3) is 0.769. The maximum atomic E-state index is 5.63. The van der Waals surface area contributed by atoms with E-state index in [-0.39, 0.29) is 5.41 Å². The van der Waals surface area contributed by atoms with Crippen LogP contribution in [0.25, 0.3) is 0 Å². The molecule has 4 nitrogen and oxygen atoms in total. The molecule has 0 amide bonds. The minimum atomic E-state index is 0.179. The number of hydrogen-bond acceptors (Lipinski definition) is 3. The lowest BCUT2D eigenvalue weighted by Crippen LogP contribution is -2.44. The molecular formula is C13H26N4. The highest BCUT2D eigenvalue weighted by molar-refractivity contribution is 5.24. The summed E-state index contributed by atoms with van der Waals surface area (Å²) in [5, 5.41) is 4.44. The lowest BCUT2D eigenvalue weighted by Gasteiger charge is -2.30. The third-order valence-electron chi connectivity index (χ3n) is 3.59. The zero-order valence-corrected chi connectivity index (χ0v) is 12.0. The van der Waals surface area contributed by atoms with Crippen molar-refractivity contribution in [3.63, 3.8) is 0 Å². The molecule has 1 rings (SSSR count). The van der Waals surface area contributed by atoms with Crippen LogP contribution in [-0.2, 0) is 13.5 Å². The van der Waals surface area contributed by atoms with Crippen molar-refractivity contribution in [2.24, 2.45) is 18.3 Å². The van der Waals surface area contributed by atoms with Crippen molar-refractivity contribution in [2.75, 3.05) is 0 Å². The van der Waals surface area contributed by atoms with Gasteiger partial charge in [-0.3, -0.25) is 16.0 Å². The molecule has 3 N–H and O–H groups in total. The minimum absolute atomic E-state index is 0.179. The van der Waals surface area contributed by atoms with Crippen LogP contribution < -0.4 is 11.3 Å². The van der Waals surface area contributed by atoms with Crippen molar-refractivity contribution >= 4 is 0 Å². The van der Waals surface area contributed by atoms with E-state index in [1.165, 1.54) is 11.3 Å². The molecule has 17 heavy (non-hydrogen) atoms. The molecule has 4 heteroatoms. The second-order valence-corrected chi connectivity index (χ2v) is 5.90. The Hall–Kier alpha value is -0.870. The topological polar surface area (TPSA) is 55.9 Å². The number of nitrogens with two attached hydrogens (primary N) is 1. The van der Waals surface area contributed by atoms with Gasteiger partial charge in [-0.15, -0.1) is 0 Å². The van der Waals surface area contributed by atoms with Crippen molar-refractivity contribution in [3.8, 4) is 0 Å². The Kier molecular flexibility index (Phi) is 4.33. The molecule has 0 aromatic carbocycles. The SMILES string of the molecule is Cc1nn(C)c(C)c1CCC(NN)C(C)(C)C. The largest absolute Gasteiger partial charge is 0.272 e. The van der Waals surface area contributed by atoms with E-state index < -0.39 is 0 Å². The third-order valence-corrected chi connectivity index (χ3v) is 3.59. The van der Waals surface area contributed by atoms with Gasteiger partial charge in [-0.1, -0.05) is 20.8 Å². The zero-order valence-electron chi connectivity index (χ0n) is 12.0. The number of aryl methyl sites for hydroxylation is 2. The van der Waals surface area contributed by atoms with E-state index in [4.69, 9.17) is 5.84 Å². The quantitative estimate of drug-likeness (QED) is 0.622. The van der Waals surface area contributed by atoms with E-state index >= 15 is 0 Å². The molecule has 1 heterocycles. The van der Waals surface area contributed by atoms with Gasteiger partial charge in [0.2, 0.25) is 0 Å². The number of rotatable bonds is 4. The Morgan fingerprint density at radius 1 is 1.35 bits per heavy atom. The van der Waals surface area contributed by atoms with Gasteiger partial charge in [-0.2, -0.15) is 5.10 Å². The number of aromatic nitrogens is 2. The molecule has 0 spiro atoms. The summed E-state index contributed by atoms with van der Waals surface area (Å²) >= 11 is 0. The van der Waals surface area contributed by atoms with Gasteiger partial charge in [-0.05, 0) is 37.7 Å². The molecule has 1 atom stereocenters. The highest BCUT2D eigenvalue weighted by atomic mass is 15.3. The van der Waals surface area contributed by atoms with Crippen molar-refractivity contribution in [1.82, 2.24) is 15.2 Å². The molecule has 0 saturated carbocycles. The predicted octanol–water partition coefficient (Wildman–Crippen LogP) is 1.85. The summed E-state index contributed by atoms with van der Waals surface area (Å²) in [6.07, 6.45) is 2.06. The van der Waals surface area contributed by atoms with Gasteiger partial charge < -0.3 is 0 Å². The van der Waals surface area contributed by atoms with Crippen LogP contribution in [0.15, 0.2) is 0 Å². The van der Waals surface area contributed by atoms with Gasteiger partial charge in [0.25, 0.3) is 0 Å². The highest BCUT2D eigenvalue weighted by Crippen LogP contribution is 2.24. The van der Waals surface area contributed by atoms with E-state index in [9.17, 15) is 0 Å². The summed E-state index contributed by atoms with van der Waals surface area (Å²) in [6, 6.07) is 0.321. The molecule has 0 aliphatic rings. The molecule has 1 aromatic heterocycles. The maximum Gasteiger partial charge on any atom is 0.0628 e. The number of nitrogens with one attached hydrogen (secondary N) is 1. The van der Waals surface area contributed by atoms with Gasteiger partial charge in [0.1, 0.15) is 0 Å². The van der Waals surface area contributed by atoms with Crippen LogP contribution in [0, 0.1) is 19.3 Å². The molecule has 1 unspecified atom stereocenters. The molecule has 0 bridgehead atoms. The minimum Gasteiger partial charge on any atom is -0.272 e. The summed E-state index contributed by atoms with van der Waals surface area (Å²) in [6.45, 7) is 10.8. The Morgan fingerprint density at radius 2 is 1.94 bits per heavy atom. The number of hydrogen-bond donors (Lipinski definition) is 2. The molecule has 0 fully saturated rings. The summed E-state index contributed by atoms with van der Waals surface area (Å²) < 4.78 is 1.95. The van der Waals surface area contributed by atoms with Crippen LogP contribution >= 0.6 is 0 Å². The first kappa shape index (κ1) is 14.2. The average molecular weight is 238 g/mol. The second-order valence-electron chi connectivity index (χ2n) is 5.90. The van der Waals surface area contributed by atoms with E-state index in [2.05, 4.69) is 45.1 Å². The summed E-state index contributed by atoms with van der Waals surface area (Å²) in [5.41, 5.74) is 6.86. The number of nitrogens with zero attached hydrogens (tertiary/aromatic N) is 2. The maximum absolute atomic E-state index is 5.63. The van der Waals surface area contributed by atoms with Gasteiger partial charge >= 0.3 is 0 Å². The van der Waals surface area contributed by atoms with Crippen LogP contribution in [-0.4, -0.2) is 15.8 Å². The van der Waals surface area contributed by atoms with E-state index in [0.717, 1.165) is 18.5 Å². The molecule has 0 aliphatic carbocycles. The van der Waals surface area contributed by atoms with Crippen LogP contribution in [0.2, 0.25) is 0 Å². The van der Waals surface area contributed by atoms with Crippen molar-refractivity contribution in [3.05, 3.63) is 17.0 Å². The highest BCUT2D eigenvalue weighted by Gasteiger charge is 2.23. The number of hydrazine groups is 1. The van der Waals surface area contributed by atoms with Gasteiger partial charge in [0, 0.05) is 18.8 Å². The van der Waals surface area contributed by atoms with Crippen molar-refractivity contribution < 1.29 is 0 Å².